The maximum Gasteiger partial charge on any atom is 0.0432 e. The molecule has 0 bridgehead atoms. The van der Waals surface area contributed by atoms with Crippen LogP contribution >= 0.6 is 0 Å². The van der Waals surface area contributed by atoms with E-state index in [1.807, 2.05) is 0 Å². The number of benzene rings is 2. The monoisotopic (exact) mass is 266 g/mol. The number of nitrogens with zero attached hydrogens (tertiary/aromatic N) is 1. The van der Waals surface area contributed by atoms with Crippen LogP contribution in [-0.4, -0.2) is 6.04 Å². The molecule has 0 aliphatic heterocycles. The van der Waals surface area contributed by atoms with Crippen molar-refractivity contribution in [1.82, 2.24) is 0 Å². The molecule has 104 valence electrons. The minimum absolute atomic E-state index is 0.619. The molecule has 2 nitrogen and oxygen atoms in total. The molecule has 0 unspecified atom stereocenters. The highest BCUT2D eigenvalue weighted by atomic mass is 15.2. The average Bonchev–Trinajstić information content (AvgIpc) is 3.30. The summed E-state index contributed by atoms with van der Waals surface area (Å²) in [6, 6.07) is 18.1. The molecule has 2 heteroatoms. The highest BCUT2D eigenvalue weighted by Crippen LogP contribution is 2.33. The Morgan fingerprint density at radius 2 is 1.85 bits per heavy atom. The summed E-state index contributed by atoms with van der Waals surface area (Å²) in [5.41, 5.74) is 11.0. The number of hydrogen-bond donors (Lipinski definition) is 1. The van der Waals surface area contributed by atoms with Gasteiger partial charge < -0.3 is 10.6 Å². The van der Waals surface area contributed by atoms with Crippen LogP contribution in [0.15, 0.2) is 48.5 Å². The van der Waals surface area contributed by atoms with E-state index in [-0.39, 0.29) is 0 Å². The van der Waals surface area contributed by atoms with Gasteiger partial charge in [-0.05, 0) is 48.6 Å². The molecule has 2 N–H and O–H groups in total. The first-order valence-corrected chi connectivity index (χ1v) is 7.38. The fourth-order valence-electron chi connectivity index (χ4n) is 2.69. The van der Waals surface area contributed by atoms with Gasteiger partial charge in [-0.25, -0.2) is 0 Å². The van der Waals surface area contributed by atoms with E-state index < -0.39 is 0 Å². The molecular formula is C18H22N2. The van der Waals surface area contributed by atoms with Gasteiger partial charge in [-0.3, -0.25) is 0 Å². The molecule has 20 heavy (non-hydrogen) atoms. The van der Waals surface area contributed by atoms with Crippen molar-refractivity contribution in [3.8, 4) is 0 Å². The first-order chi connectivity index (χ1) is 9.78. The quantitative estimate of drug-likeness (QED) is 0.895. The van der Waals surface area contributed by atoms with Crippen molar-refractivity contribution in [2.75, 3.05) is 4.90 Å². The van der Waals surface area contributed by atoms with Crippen LogP contribution in [0.4, 0.5) is 5.69 Å². The first-order valence-electron chi connectivity index (χ1n) is 7.38. The SMILES string of the molecule is Cc1cc(N(Cc2ccccc2)C2CC2)ccc1CN. The minimum atomic E-state index is 0.619. The highest BCUT2D eigenvalue weighted by molar-refractivity contribution is 5.53. The predicted octanol–water partition coefficient (Wildman–Crippen LogP) is 3.62. The third-order valence-corrected chi connectivity index (χ3v) is 4.06. The predicted molar refractivity (Wildman–Crippen MR) is 84.7 cm³/mol. The van der Waals surface area contributed by atoms with Crippen LogP contribution in [-0.2, 0) is 13.1 Å². The third kappa shape index (κ3) is 2.86. The second kappa shape index (κ2) is 5.68. The Hall–Kier alpha value is -1.80. The third-order valence-electron chi connectivity index (χ3n) is 4.06. The lowest BCUT2D eigenvalue weighted by molar-refractivity contribution is 0.793. The summed E-state index contributed by atoms with van der Waals surface area (Å²) in [5.74, 6) is 0. The zero-order chi connectivity index (χ0) is 13.9. The van der Waals surface area contributed by atoms with Gasteiger partial charge in [0, 0.05) is 24.8 Å². The number of hydrogen-bond acceptors (Lipinski definition) is 2. The summed E-state index contributed by atoms with van der Waals surface area (Å²) in [5, 5.41) is 0. The largest absolute Gasteiger partial charge is 0.364 e. The van der Waals surface area contributed by atoms with E-state index in [0.717, 1.165) is 6.54 Å². The van der Waals surface area contributed by atoms with Gasteiger partial charge in [0.2, 0.25) is 0 Å². The van der Waals surface area contributed by atoms with E-state index in [1.54, 1.807) is 0 Å². The highest BCUT2D eigenvalue weighted by Gasteiger charge is 2.29. The molecule has 0 radical (unpaired) electrons. The molecule has 0 saturated heterocycles. The van der Waals surface area contributed by atoms with Crippen LogP contribution in [0.1, 0.15) is 29.5 Å². The summed E-state index contributed by atoms with van der Waals surface area (Å²) in [6.07, 6.45) is 2.62. The molecule has 0 aromatic heterocycles. The topological polar surface area (TPSA) is 29.3 Å². The van der Waals surface area contributed by atoms with Crippen LogP contribution < -0.4 is 10.6 Å². The van der Waals surface area contributed by atoms with Crippen LogP contribution in [0.2, 0.25) is 0 Å². The lowest BCUT2D eigenvalue weighted by atomic mass is 10.1. The van der Waals surface area contributed by atoms with Crippen molar-refractivity contribution < 1.29 is 0 Å². The number of rotatable bonds is 5. The first kappa shape index (κ1) is 13.2. The summed E-state index contributed by atoms with van der Waals surface area (Å²) >= 11 is 0. The molecule has 1 saturated carbocycles. The maximum atomic E-state index is 5.76. The van der Waals surface area contributed by atoms with E-state index in [1.165, 1.54) is 35.2 Å². The lowest BCUT2D eigenvalue weighted by Crippen LogP contribution is -2.25. The second-order valence-electron chi connectivity index (χ2n) is 5.66. The van der Waals surface area contributed by atoms with Crippen LogP contribution in [0, 0.1) is 6.92 Å². The Morgan fingerprint density at radius 1 is 1.10 bits per heavy atom. The normalized spacial score (nSPS) is 14.3. The van der Waals surface area contributed by atoms with Gasteiger partial charge in [0.15, 0.2) is 0 Å². The molecule has 0 spiro atoms. The van der Waals surface area contributed by atoms with Crippen LogP contribution in [0.3, 0.4) is 0 Å². The molecule has 0 atom stereocenters. The molecule has 2 aromatic rings. The van der Waals surface area contributed by atoms with E-state index >= 15 is 0 Å². The Morgan fingerprint density at radius 3 is 2.45 bits per heavy atom. The zero-order valence-corrected chi connectivity index (χ0v) is 12.0. The lowest BCUT2D eigenvalue weighted by Gasteiger charge is -2.26. The molecule has 0 heterocycles. The second-order valence-corrected chi connectivity index (χ2v) is 5.66. The summed E-state index contributed by atoms with van der Waals surface area (Å²) in [4.78, 5) is 2.53. The Labute approximate surface area is 121 Å². The maximum absolute atomic E-state index is 5.76. The van der Waals surface area contributed by atoms with Gasteiger partial charge in [0.25, 0.3) is 0 Å². The molecule has 1 aliphatic carbocycles. The summed E-state index contributed by atoms with van der Waals surface area (Å²) in [7, 11) is 0. The standard InChI is InChI=1S/C18H22N2/c1-14-11-18(8-7-16(14)12-19)20(17-9-10-17)13-15-5-3-2-4-6-15/h2-8,11,17H,9-10,12-13,19H2,1H3. The van der Waals surface area contributed by atoms with E-state index in [0.29, 0.717) is 12.6 Å². The van der Waals surface area contributed by atoms with E-state index in [4.69, 9.17) is 5.73 Å². The zero-order valence-electron chi connectivity index (χ0n) is 12.0. The van der Waals surface area contributed by atoms with Crippen molar-refractivity contribution in [3.63, 3.8) is 0 Å². The van der Waals surface area contributed by atoms with Crippen molar-refractivity contribution in [3.05, 3.63) is 65.2 Å². The van der Waals surface area contributed by atoms with Gasteiger partial charge in [-0.2, -0.15) is 0 Å². The van der Waals surface area contributed by atoms with E-state index in [2.05, 4.69) is 60.4 Å². The average molecular weight is 266 g/mol. The fourth-order valence-corrected chi connectivity index (χ4v) is 2.69. The number of nitrogens with two attached hydrogens (primary N) is 1. The Bertz CT molecular complexity index is 573. The summed E-state index contributed by atoms with van der Waals surface area (Å²) < 4.78 is 0. The van der Waals surface area contributed by atoms with Crippen molar-refractivity contribution in [2.45, 2.75) is 38.9 Å². The molecular weight excluding hydrogens is 244 g/mol. The van der Waals surface area contributed by atoms with Gasteiger partial charge >= 0.3 is 0 Å². The van der Waals surface area contributed by atoms with Crippen molar-refractivity contribution in [1.29, 1.82) is 0 Å². The smallest absolute Gasteiger partial charge is 0.0432 e. The molecule has 2 aromatic carbocycles. The minimum Gasteiger partial charge on any atom is -0.364 e. The van der Waals surface area contributed by atoms with Gasteiger partial charge in [0.1, 0.15) is 0 Å². The summed E-state index contributed by atoms with van der Waals surface area (Å²) in [6.45, 7) is 3.76. The number of aryl methyl sites for hydroxylation is 1. The molecule has 1 aliphatic rings. The molecule has 0 amide bonds. The van der Waals surface area contributed by atoms with E-state index in [9.17, 15) is 0 Å². The Kier molecular flexibility index (Phi) is 3.75. The van der Waals surface area contributed by atoms with Crippen LogP contribution in [0.25, 0.3) is 0 Å². The van der Waals surface area contributed by atoms with Crippen molar-refractivity contribution >= 4 is 5.69 Å². The van der Waals surface area contributed by atoms with Crippen LogP contribution in [0.5, 0.6) is 0 Å². The number of anilines is 1. The van der Waals surface area contributed by atoms with Gasteiger partial charge in [-0.15, -0.1) is 0 Å². The Balaban J connectivity index is 1.85. The van der Waals surface area contributed by atoms with Gasteiger partial charge in [-0.1, -0.05) is 36.4 Å². The van der Waals surface area contributed by atoms with Gasteiger partial charge in [0.05, 0.1) is 0 Å². The fraction of sp³-hybridized carbons (Fsp3) is 0.333. The molecule has 1 fully saturated rings. The molecule has 3 rings (SSSR count). The van der Waals surface area contributed by atoms with Crippen molar-refractivity contribution in [2.24, 2.45) is 5.73 Å².